The number of hydrogen-bond donors (Lipinski definition) is 2. The number of pyridine rings is 1. The molecule has 1 fully saturated rings. The standard InChI is InChI=1S/C15H20FN3OSi/c1-21(2)5-3-10(4-6-21)18-15(20)13-7-11-12(16)8-17-9-14(11)19-13/h7-10,19H,3-6H2,1-2H3,(H,18,20). The summed E-state index contributed by atoms with van der Waals surface area (Å²) in [7, 11) is -1.01. The predicted octanol–water partition coefficient (Wildman–Crippen LogP) is 3.30. The highest BCUT2D eigenvalue weighted by atomic mass is 28.3. The van der Waals surface area contributed by atoms with Gasteiger partial charge in [0.2, 0.25) is 0 Å². The van der Waals surface area contributed by atoms with Gasteiger partial charge in [0.15, 0.2) is 5.82 Å². The number of halogens is 1. The van der Waals surface area contributed by atoms with Crippen LogP contribution in [0.3, 0.4) is 0 Å². The molecule has 0 aromatic carbocycles. The zero-order valence-electron chi connectivity index (χ0n) is 12.4. The number of carbonyl (C=O) groups is 1. The first kappa shape index (κ1) is 14.3. The van der Waals surface area contributed by atoms with E-state index >= 15 is 0 Å². The van der Waals surface area contributed by atoms with Crippen LogP contribution in [0.2, 0.25) is 25.2 Å². The van der Waals surface area contributed by atoms with Crippen molar-refractivity contribution < 1.29 is 9.18 Å². The first-order valence-electron chi connectivity index (χ1n) is 7.38. The predicted molar refractivity (Wildman–Crippen MR) is 83.6 cm³/mol. The van der Waals surface area contributed by atoms with Crippen molar-refractivity contribution in [2.45, 2.75) is 44.1 Å². The molecule has 2 N–H and O–H groups in total. The minimum atomic E-state index is -1.01. The summed E-state index contributed by atoms with van der Waals surface area (Å²) in [5.41, 5.74) is 0.955. The number of amides is 1. The highest BCUT2D eigenvalue weighted by Crippen LogP contribution is 2.28. The van der Waals surface area contributed by atoms with Gasteiger partial charge >= 0.3 is 0 Å². The zero-order valence-corrected chi connectivity index (χ0v) is 13.4. The summed E-state index contributed by atoms with van der Waals surface area (Å²) in [4.78, 5) is 19.0. The molecule has 2 aromatic rings. The Morgan fingerprint density at radius 1 is 1.38 bits per heavy atom. The van der Waals surface area contributed by atoms with E-state index in [1.807, 2.05) is 0 Å². The fraction of sp³-hybridized carbons (Fsp3) is 0.467. The molecule has 6 heteroatoms. The fourth-order valence-electron chi connectivity index (χ4n) is 2.95. The Balaban J connectivity index is 1.71. The van der Waals surface area contributed by atoms with E-state index in [2.05, 4.69) is 28.4 Å². The summed E-state index contributed by atoms with van der Waals surface area (Å²) < 4.78 is 13.6. The van der Waals surface area contributed by atoms with Crippen molar-refractivity contribution >= 4 is 24.9 Å². The van der Waals surface area contributed by atoms with Crippen molar-refractivity contribution in [2.75, 3.05) is 0 Å². The van der Waals surface area contributed by atoms with Gasteiger partial charge < -0.3 is 10.3 Å². The Bertz CT molecular complexity index is 673. The van der Waals surface area contributed by atoms with Crippen LogP contribution in [-0.2, 0) is 0 Å². The van der Waals surface area contributed by atoms with Crippen LogP contribution >= 0.6 is 0 Å². The Morgan fingerprint density at radius 2 is 2.10 bits per heavy atom. The van der Waals surface area contributed by atoms with Gasteiger partial charge in [0.1, 0.15) is 5.69 Å². The molecular weight excluding hydrogens is 285 g/mol. The Kier molecular flexibility index (Phi) is 3.57. The maximum Gasteiger partial charge on any atom is 0.267 e. The molecule has 0 unspecified atom stereocenters. The third-order valence-electron chi connectivity index (χ3n) is 4.42. The van der Waals surface area contributed by atoms with Gasteiger partial charge in [-0.1, -0.05) is 25.2 Å². The van der Waals surface area contributed by atoms with Gasteiger partial charge in [-0.05, 0) is 18.9 Å². The molecule has 4 nitrogen and oxygen atoms in total. The molecule has 3 heterocycles. The van der Waals surface area contributed by atoms with Crippen molar-refractivity contribution in [2.24, 2.45) is 0 Å². The Hall–Kier alpha value is -1.69. The van der Waals surface area contributed by atoms with E-state index in [1.54, 1.807) is 6.07 Å². The van der Waals surface area contributed by atoms with Crippen molar-refractivity contribution in [1.29, 1.82) is 0 Å². The molecule has 1 amide bonds. The Labute approximate surface area is 124 Å². The number of fused-ring (bicyclic) bond motifs is 1. The van der Waals surface area contributed by atoms with E-state index in [-0.39, 0.29) is 11.9 Å². The van der Waals surface area contributed by atoms with Crippen LogP contribution < -0.4 is 5.32 Å². The van der Waals surface area contributed by atoms with Gasteiger partial charge in [-0.3, -0.25) is 9.78 Å². The molecule has 1 aliphatic rings. The maximum absolute atomic E-state index is 13.6. The van der Waals surface area contributed by atoms with E-state index in [0.29, 0.717) is 16.6 Å². The van der Waals surface area contributed by atoms with Gasteiger partial charge in [-0.2, -0.15) is 0 Å². The second-order valence-electron chi connectivity index (χ2n) is 6.68. The van der Waals surface area contributed by atoms with Crippen LogP contribution in [0.5, 0.6) is 0 Å². The van der Waals surface area contributed by atoms with Crippen molar-refractivity contribution in [3.63, 3.8) is 0 Å². The molecule has 0 spiro atoms. The molecule has 21 heavy (non-hydrogen) atoms. The molecule has 0 saturated carbocycles. The number of aromatic amines is 1. The number of nitrogens with one attached hydrogen (secondary N) is 2. The number of hydrogen-bond acceptors (Lipinski definition) is 2. The maximum atomic E-state index is 13.6. The quantitative estimate of drug-likeness (QED) is 0.836. The molecule has 0 aliphatic carbocycles. The van der Waals surface area contributed by atoms with Crippen LogP contribution in [0.25, 0.3) is 10.9 Å². The first-order valence-corrected chi connectivity index (χ1v) is 10.8. The molecular formula is C15H20FN3OSi. The topological polar surface area (TPSA) is 57.8 Å². The Morgan fingerprint density at radius 3 is 2.76 bits per heavy atom. The lowest BCUT2D eigenvalue weighted by atomic mass is 10.1. The van der Waals surface area contributed by atoms with Crippen LogP contribution in [0.4, 0.5) is 4.39 Å². The molecule has 1 saturated heterocycles. The molecule has 0 radical (unpaired) electrons. The molecule has 2 aromatic heterocycles. The van der Waals surface area contributed by atoms with Crippen LogP contribution in [0, 0.1) is 5.82 Å². The molecule has 3 rings (SSSR count). The van der Waals surface area contributed by atoms with E-state index in [1.165, 1.54) is 18.3 Å². The third kappa shape index (κ3) is 3.00. The van der Waals surface area contributed by atoms with E-state index < -0.39 is 13.9 Å². The van der Waals surface area contributed by atoms with Gasteiger partial charge in [-0.15, -0.1) is 0 Å². The summed E-state index contributed by atoms with van der Waals surface area (Å²) in [5.74, 6) is -0.565. The molecule has 0 atom stereocenters. The third-order valence-corrected chi connectivity index (χ3v) is 7.70. The second kappa shape index (κ2) is 5.25. The summed E-state index contributed by atoms with van der Waals surface area (Å²) in [6.07, 6.45) is 4.80. The average Bonchev–Trinajstić information content (AvgIpc) is 2.87. The minimum Gasteiger partial charge on any atom is -0.349 e. The van der Waals surface area contributed by atoms with Crippen LogP contribution in [0.1, 0.15) is 23.3 Å². The van der Waals surface area contributed by atoms with Gasteiger partial charge in [0.25, 0.3) is 5.91 Å². The highest BCUT2D eigenvalue weighted by molar-refractivity contribution is 6.77. The van der Waals surface area contributed by atoms with Crippen molar-refractivity contribution in [3.05, 3.63) is 30.0 Å². The van der Waals surface area contributed by atoms with Gasteiger partial charge in [-0.25, -0.2) is 4.39 Å². The first-order chi connectivity index (χ1) is 9.94. The molecule has 0 bridgehead atoms. The number of H-pyrrole nitrogens is 1. The van der Waals surface area contributed by atoms with E-state index in [4.69, 9.17) is 0 Å². The summed E-state index contributed by atoms with van der Waals surface area (Å²) in [6, 6.07) is 4.31. The monoisotopic (exact) mass is 305 g/mol. The SMILES string of the molecule is C[Si]1(C)CCC(NC(=O)c2cc3c(F)cncc3[nH]2)CC1. The number of rotatable bonds is 2. The van der Waals surface area contributed by atoms with E-state index in [9.17, 15) is 9.18 Å². The summed E-state index contributed by atoms with van der Waals surface area (Å²) in [6.45, 7) is 4.80. The van der Waals surface area contributed by atoms with Gasteiger partial charge in [0.05, 0.1) is 17.9 Å². The minimum absolute atomic E-state index is 0.156. The summed E-state index contributed by atoms with van der Waals surface area (Å²) in [5, 5.41) is 3.47. The number of nitrogens with zero attached hydrogens (tertiary/aromatic N) is 1. The largest absolute Gasteiger partial charge is 0.349 e. The van der Waals surface area contributed by atoms with Crippen LogP contribution in [0.15, 0.2) is 18.5 Å². The van der Waals surface area contributed by atoms with Crippen molar-refractivity contribution in [1.82, 2.24) is 15.3 Å². The number of carbonyl (C=O) groups excluding carboxylic acids is 1. The second-order valence-corrected chi connectivity index (χ2v) is 12.0. The lowest BCUT2D eigenvalue weighted by molar-refractivity contribution is 0.0929. The smallest absolute Gasteiger partial charge is 0.267 e. The average molecular weight is 305 g/mol. The lowest BCUT2D eigenvalue weighted by Gasteiger charge is -2.33. The van der Waals surface area contributed by atoms with Gasteiger partial charge in [0, 0.05) is 19.5 Å². The molecule has 112 valence electrons. The van der Waals surface area contributed by atoms with Crippen molar-refractivity contribution in [3.8, 4) is 0 Å². The molecule has 1 aliphatic heterocycles. The lowest BCUT2D eigenvalue weighted by Crippen LogP contribution is -2.42. The fourth-order valence-corrected chi connectivity index (χ4v) is 5.46. The normalized spacial score (nSPS) is 18.8. The summed E-state index contributed by atoms with van der Waals surface area (Å²) >= 11 is 0. The van der Waals surface area contributed by atoms with Crippen LogP contribution in [-0.4, -0.2) is 30.0 Å². The highest BCUT2D eigenvalue weighted by Gasteiger charge is 2.29. The number of aromatic nitrogens is 2. The van der Waals surface area contributed by atoms with E-state index in [0.717, 1.165) is 19.0 Å². The zero-order chi connectivity index (χ0) is 15.0.